The highest BCUT2D eigenvalue weighted by Gasteiger charge is 2.40. The molecule has 0 spiro atoms. The van der Waals surface area contributed by atoms with Crippen LogP contribution < -0.4 is 10.6 Å². The Morgan fingerprint density at radius 3 is 2.35 bits per heavy atom. The van der Waals surface area contributed by atoms with Crippen molar-refractivity contribution in [2.45, 2.75) is 65.5 Å². The lowest BCUT2D eigenvalue weighted by Crippen LogP contribution is -2.46. The third kappa shape index (κ3) is 6.58. The van der Waals surface area contributed by atoms with Gasteiger partial charge >= 0.3 is 0 Å². The summed E-state index contributed by atoms with van der Waals surface area (Å²) in [6.07, 6.45) is 1.21. The molecule has 0 aliphatic carbocycles. The van der Waals surface area contributed by atoms with Crippen molar-refractivity contribution in [3.05, 3.63) is 100 Å². The Morgan fingerprint density at radius 2 is 1.70 bits per heavy atom. The highest BCUT2D eigenvalue weighted by atomic mass is 19.1. The number of hydrogen-bond acceptors (Lipinski definition) is 3. The number of rotatable bonds is 6. The van der Waals surface area contributed by atoms with Gasteiger partial charge in [-0.1, -0.05) is 69.3 Å². The molecule has 1 aliphatic heterocycles. The molecule has 6 nitrogen and oxygen atoms in total. The Hall–Kier alpha value is -4.00. The number of carbonyl (C=O) groups is 3. The van der Waals surface area contributed by atoms with Crippen LogP contribution in [0.2, 0.25) is 0 Å². The van der Waals surface area contributed by atoms with Gasteiger partial charge in [0.1, 0.15) is 5.82 Å². The number of piperidine rings is 1. The van der Waals surface area contributed by atoms with Gasteiger partial charge in [0.05, 0.1) is 17.5 Å². The Balaban J connectivity index is 1.70. The van der Waals surface area contributed by atoms with Crippen molar-refractivity contribution in [3.63, 3.8) is 0 Å². The standard InChI is InChI=1S/C33H38FN3O3/c1-21-9-6-13-28(34)29(21)32(40)37-18-8-12-27(30(37)24-16-14-23(15-17-24)20-35-22(2)38)31(39)36-26-11-7-10-25(19-26)33(3,4)5/h6-7,9-11,13-17,19,27,30H,8,12,18,20H2,1-5H3,(H,35,38)(H,36,39). The molecular formula is C33H38FN3O3. The Labute approximate surface area is 236 Å². The molecule has 4 rings (SSSR count). The first-order chi connectivity index (χ1) is 19.0. The van der Waals surface area contributed by atoms with Crippen molar-refractivity contribution in [1.82, 2.24) is 10.2 Å². The predicted molar refractivity (Wildman–Crippen MR) is 155 cm³/mol. The summed E-state index contributed by atoms with van der Waals surface area (Å²) in [5.74, 6) is -1.83. The number of carbonyl (C=O) groups excluding carboxylic acids is 3. The molecule has 2 N–H and O–H groups in total. The van der Waals surface area contributed by atoms with Crippen molar-refractivity contribution >= 4 is 23.4 Å². The van der Waals surface area contributed by atoms with Crippen LogP contribution in [0, 0.1) is 18.7 Å². The number of anilines is 1. The molecule has 210 valence electrons. The minimum atomic E-state index is -0.583. The summed E-state index contributed by atoms with van der Waals surface area (Å²) in [7, 11) is 0. The van der Waals surface area contributed by atoms with Gasteiger partial charge in [-0.2, -0.15) is 0 Å². The summed E-state index contributed by atoms with van der Waals surface area (Å²) in [5, 5.41) is 5.87. The van der Waals surface area contributed by atoms with E-state index in [1.54, 1.807) is 24.0 Å². The van der Waals surface area contributed by atoms with E-state index in [0.717, 1.165) is 16.7 Å². The summed E-state index contributed by atoms with van der Waals surface area (Å²) in [6, 6.07) is 19.4. The van der Waals surface area contributed by atoms with Gasteiger partial charge in [0, 0.05) is 25.7 Å². The van der Waals surface area contributed by atoms with Crippen LogP contribution in [0.15, 0.2) is 66.7 Å². The lowest BCUT2D eigenvalue weighted by Gasteiger charge is -2.41. The van der Waals surface area contributed by atoms with Gasteiger partial charge in [-0.25, -0.2) is 4.39 Å². The lowest BCUT2D eigenvalue weighted by atomic mass is 9.82. The van der Waals surface area contributed by atoms with Gasteiger partial charge in [-0.3, -0.25) is 14.4 Å². The van der Waals surface area contributed by atoms with Gasteiger partial charge in [0.25, 0.3) is 5.91 Å². The van der Waals surface area contributed by atoms with Crippen LogP contribution in [-0.2, 0) is 21.5 Å². The summed E-state index contributed by atoms with van der Waals surface area (Å²) >= 11 is 0. The smallest absolute Gasteiger partial charge is 0.257 e. The molecule has 0 bridgehead atoms. The molecule has 2 unspecified atom stereocenters. The highest BCUT2D eigenvalue weighted by Crippen LogP contribution is 2.39. The normalized spacial score (nSPS) is 17.3. The zero-order chi connectivity index (χ0) is 29.0. The SMILES string of the molecule is CC(=O)NCc1ccc(C2C(C(=O)Nc3cccc(C(C)(C)C)c3)CCCN2C(=O)c2c(C)cccc2F)cc1. The highest BCUT2D eigenvalue weighted by molar-refractivity contribution is 5.98. The molecule has 1 fully saturated rings. The monoisotopic (exact) mass is 543 g/mol. The second-order valence-electron chi connectivity index (χ2n) is 11.6. The summed E-state index contributed by atoms with van der Waals surface area (Å²) < 4.78 is 14.9. The number of benzene rings is 3. The molecule has 1 saturated heterocycles. The molecule has 3 aromatic rings. The van der Waals surface area contributed by atoms with Gasteiger partial charge < -0.3 is 15.5 Å². The first kappa shape index (κ1) is 29.0. The average molecular weight is 544 g/mol. The number of likely N-dealkylation sites (tertiary alicyclic amines) is 1. The molecule has 3 aromatic carbocycles. The third-order valence-corrected chi connectivity index (χ3v) is 7.52. The average Bonchev–Trinajstić information content (AvgIpc) is 2.91. The van der Waals surface area contributed by atoms with E-state index < -0.39 is 23.7 Å². The minimum absolute atomic E-state index is 0.0358. The summed E-state index contributed by atoms with van der Waals surface area (Å²) in [6.45, 7) is 10.3. The first-order valence-corrected chi connectivity index (χ1v) is 13.8. The molecule has 1 aliphatic rings. The molecular weight excluding hydrogens is 505 g/mol. The maximum Gasteiger partial charge on any atom is 0.257 e. The van der Waals surface area contributed by atoms with Crippen molar-refractivity contribution < 1.29 is 18.8 Å². The van der Waals surface area contributed by atoms with Crippen molar-refractivity contribution in [3.8, 4) is 0 Å². The fraction of sp³-hybridized carbons (Fsp3) is 0.364. The minimum Gasteiger partial charge on any atom is -0.352 e. The Morgan fingerprint density at radius 1 is 1.00 bits per heavy atom. The van der Waals surface area contributed by atoms with Crippen LogP contribution in [0.3, 0.4) is 0 Å². The second kappa shape index (κ2) is 12.0. The fourth-order valence-corrected chi connectivity index (χ4v) is 5.31. The predicted octanol–water partition coefficient (Wildman–Crippen LogP) is 6.30. The molecule has 40 heavy (non-hydrogen) atoms. The molecule has 7 heteroatoms. The summed E-state index contributed by atoms with van der Waals surface area (Å²) in [5.41, 5.74) is 4.01. The van der Waals surface area contributed by atoms with E-state index >= 15 is 0 Å². The molecule has 0 radical (unpaired) electrons. The van der Waals surface area contributed by atoms with Crippen molar-refractivity contribution in [1.29, 1.82) is 0 Å². The number of amides is 3. The fourth-order valence-electron chi connectivity index (χ4n) is 5.31. The van der Waals surface area contributed by atoms with Gasteiger partial charge in [0.15, 0.2) is 0 Å². The van der Waals surface area contributed by atoms with Crippen LogP contribution in [0.1, 0.15) is 79.2 Å². The van der Waals surface area contributed by atoms with E-state index in [4.69, 9.17) is 0 Å². The van der Waals surface area contributed by atoms with Gasteiger partial charge in [-0.05, 0) is 65.6 Å². The van der Waals surface area contributed by atoms with E-state index in [2.05, 4.69) is 31.4 Å². The van der Waals surface area contributed by atoms with E-state index in [1.165, 1.54) is 13.0 Å². The summed E-state index contributed by atoms with van der Waals surface area (Å²) in [4.78, 5) is 40.7. The second-order valence-corrected chi connectivity index (χ2v) is 11.6. The zero-order valence-electron chi connectivity index (χ0n) is 23.9. The molecule has 0 saturated carbocycles. The van der Waals surface area contributed by atoms with E-state index in [1.807, 2.05) is 48.5 Å². The quantitative estimate of drug-likeness (QED) is 0.383. The van der Waals surface area contributed by atoms with E-state index in [9.17, 15) is 18.8 Å². The molecule has 3 amide bonds. The largest absolute Gasteiger partial charge is 0.352 e. The van der Waals surface area contributed by atoms with Gasteiger partial charge in [-0.15, -0.1) is 0 Å². The van der Waals surface area contributed by atoms with Crippen LogP contribution in [-0.4, -0.2) is 29.2 Å². The first-order valence-electron chi connectivity index (χ1n) is 13.8. The third-order valence-electron chi connectivity index (χ3n) is 7.52. The number of aryl methyl sites for hydroxylation is 1. The Bertz CT molecular complexity index is 1370. The van der Waals surface area contributed by atoms with Crippen LogP contribution >= 0.6 is 0 Å². The van der Waals surface area contributed by atoms with Gasteiger partial charge in [0.2, 0.25) is 11.8 Å². The number of nitrogens with zero attached hydrogens (tertiary/aromatic N) is 1. The molecule has 1 heterocycles. The maximum atomic E-state index is 14.9. The van der Waals surface area contributed by atoms with E-state index in [0.29, 0.717) is 37.2 Å². The van der Waals surface area contributed by atoms with Crippen LogP contribution in [0.4, 0.5) is 10.1 Å². The van der Waals surface area contributed by atoms with Crippen molar-refractivity contribution in [2.24, 2.45) is 5.92 Å². The topological polar surface area (TPSA) is 78.5 Å². The molecule has 2 atom stereocenters. The number of hydrogen-bond donors (Lipinski definition) is 2. The number of nitrogens with one attached hydrogen (secondary N) is 2. The lowest BCUT2D eigenvalue weighted by molar-refractivity contribution is -0.123. The van der Waals surface area contributed by atoms with E-state index in [-0.39, 0.29) is 22.8 Å². The van der Waals surface area contributed by atoms with Crippen LogP contribution in [0.25, 0.3) is 0 Å². The number of halogens is 1. The molecule has 0 aromatic heterocycles. The zero-order valence-corrected chi connectivity index (χ0v) is 23.9. The maximum absolute atomic E-state index is 14.9. The van der Waals surface area contributed by atoms with Crippen LogP contribution in [0.5, 0.6) is 0 Å². The van der Waals surface area contributed by atoms with Crippen molar-refractivity contribution in [2.75, 3.05) is 11.9 Å². The Kier molecular flexibility index (Phi) is 8.72.